The third-order valence-corrected chi connectivity index (χ3v) is 4.45. The lowest BCUT2D eigenvalue weighted by atomic mass is 9.84. The third-order valence-electron chi connectivity index (χ3n) is 4.45. The van der Waals surface area contributed by atoms with Crippen LogP contribution in [-0.4, -0.2) is 10.1 Å². The normalized spacial score (nSPS) is 30.8. The molecule has 1 aromatic heterocycles. The van der Waals surface area contributed by atoms with Gasteiger partial charge in [0, 0.05) is 0 Å². The largest absolute Gasteiger partial charge is 0.337 e. The number of rotatable bonds is 2. The second kappa shape index (κ2) is 3.89. The number of halogens is 1. The Hall–Kier alpha value is -2.22. The van der Waals surface area contributed by atoms with Crippen LogP contribution in [-0.2, 0) is 5.41 Å². The summed E-state index contributed by atoms with van der Waals surface area (Å²) in [5, 5.41) is 13.3. The Morgan fingerprint density at radius 2 is 2.05 bits per heavy atom. The number of hydrogen-bond donors (Lipinski definition) is 0. The van der Waals surface area contributed by atoms with E-state index in [0.717, 1.165) is 12.8 Å². The van der Waals surface area contributed by atoms with Crippen LogP contribution in [0.25, 0.3) is 11.4 Å². The molecule has 4 rings (SSSR count). The predicted molar refractivity (Wildman–Crippen MR) is 67.8 cm³/mol. The van der Waals surface area contributed by atoms with Crippen molar-refractivity contribution < 1.29 is 8.91 Å². The highest BCUT2D eigenvalue weighted by molar-refractivity contribution is 5.55. The molecule has 4 nitrogen and oxygen atoms in total. The molecule has 0 bridgehead atoms. The van der Waals surface area contributed by atoms with Crippen molar-refractivity contribution in [2.45, 2.75) is 24.7 Å². The summed E-state index contributed by atoms with van der Waals surface area (Å²) in [7, 11) is 0. The van der Waals surface area contributed by atoms with E-state index in [1.165, 1.54) is 12.5 Å². The van der Waals surface area contributed by atoms with Crippen molar-refractivity contribution in [3.63, 3.8) is 0 Å². The van der Waals surface area contributed by atoms with Crippen molar-refractivity contribution >= 4 is 0 Å². The first-order chi connectivity index (χ1) is 9.72. The molecule has 5 heteroatoms. The summed E-state index contributed by atoms with van der Waals surface area (Å²) in [4.78, 5) is 4.28. The highest BCUT2D eigenvalue weighted by atomic mass is 19.1. The van der Waals surface area contributed by atoms with E-state index in [4.69, 9.17) is 4.52 Å². The summed E-state index contributed by atoms with van der Waals surface area (Å²) in [5.74, 6) is 1.41. The van der Waals surface area contributed by atoms with Gasteiger partial charge in [0.15, 0.2) is 0 Å². The van der Waals surface area contributed by atoms with Gasteiger partial charge in [-0.2, -0.15) is 10.2 Å². The summed E-state index contributed by atoms with van der Waals surface area (Å²) in [6, 6.07) is 8.64. The molecule has 0 aliphatic heterocycles. The molecule has 0 spiro atoms. The van der Waals surface area contributed by atoms with E-state index < -0.39 is 5.41 Å². The first-order valence-corrected chi connectivity index (χ1v) is 6.72. The van der Waals surface area contributed by atoms with Crippen LogP contribution in [0.3, 0.4) is 0 Å². The Morgan fingerprint density at radius 3 is 2.75 bits per heavy atom. The van der Waals surface area contributed by atoms with Gasteiger partial charge in [-0.25, -0.2) is 4.39 Å². The van der Waals surface area contributed by atoms with Gasteiger partial charge < -0.3 is 4.52 Å². The molecule has 0 amide bonds. The number of fused-ring (bicyclic) bond motifs is 1. The third kappa shape index (κ3) is 1.58. The van der Waals surface area contributed by atoms with E-state index in [1.54, 1.807) is 18.2 Å². The summed E-state index contributed by atoms with van der Waals surface area (Å²) >= 11 is 0. The zero-order chi connectivity index (χ0) is 13.7. The van der Waals surface area contributed by atoms with Crippen molar-refractivity contribution in [1.82, 2.24) is 10.1 Å². The minimum atomic E-state index is -0.663. The molecular formula is C15H12FN3O. The van der Waals surface area contributed by atoms with Crippen LogP contribution in [0.1, 0.15) is 25.2 Å². The molecule has 1 heterocycles. The molecule has 2 atom stereocenters. The molecule has 2 aliphatic carbocycles. The van der Waals surface area contributed by atoms with Crippen molar-refractivity contribution in [3.8, 4) is 17.5 Å². The first kappa shape index (κ1) is 11.6. The van der Waals surface area contributed by atoms with E-state index in [0.29, 0.717) is 23.3 Å². The van der Waals surface area contributed by atoms with E-state index in [2.05, 4.69) is 16.2 Å². The molecule has 2 saturated carbocycles. The molecule has 0 saturated heterocycles. The van der Waals surface area contributed by atoms with Gasteiger partial charge in [-0.15, -0.1) is 0 Å². The molecule has 2 unspecified atom stereocenters. The number of benzene rings is 1. The van der Waals surface area contributed by atoms with Gasteiger partial charge in [-0.3, -0.25) is 0 Å². The van der Waals surface area contributed by atoms with Crippen LogP contribution in [0.4, 0.5) is 4.39 Å². The van der Waals surface area contributed by atoms with Gasteiger partial charge in [-0.1, -0.05) is 17.3 Å². The van der Waals surface area contributed by atoms with Crippen LogP contribution >= 0.6 is 0 Å². The summed E-state index contributed by atoms with van der Waals surface area (Å²) in [6.07, 6.45) is 2.78. The number of aromatic nitrogens is 2. The maximum absolute atomic E-state index is 13.7. The second-order valence-electron chi connectivity index (χ2n) is 5.76. The monoisotopic (exact) mass is 269 g/mol. The molecule has 100 valence electrons. The Kier molecular flexibility index (Phi) is 2.25. The Balaban J connectivity index is 1.72. The molecular weight excluding hydrogens is 257 g/mol. The Labute approximate surface area is 115 Å². The second-order valence-corrected chi connectivity index (χ2v) is 5.76. The molecule has 2 fully saturated rings. The van der Waals surface area contributed by atoms with Crippen LogP contribution in [0.5, 0.6) is 0 Å². The van der Waals surface area contributed by atoms with Crippen molar-refractivity contribution in [2.75, 3.05) is 0 Å². The number of hydrogen-bond acceptors (Lipinski definition) is 4. The fraction of sp³-hybridized carbons (Fsp3) is 0.400. The summed E-state index contributed by atoms with van der Waals surface area (Å²) < 4.78 is 19.0. The summed E-state index contributed by atoms with van der Waals surface area (Å²) in [6.45, 7) is 0. The molecule has 2 aromatic rings. The van der Waals surface area contributed by atoms with Crippen molar-refractivity contribution in [3.05, 3.63) is 36.0 Å². The lowest BCUT2D eigenvalue weighted by molar-refractivity contribution is 0.308. The summed E-state index contributed by atoms with van der Waals surface area (Å²) in [5.41, 5.74) is -0.358. The SMILES string of the molecule is N#CC1(c2nc(-c3ccccc3F)no2)CC2CC2C1. The van der Waals surface area contributed by atoms with Crippen LogP contribution in [0.2, 0.25) is 0 Å². The van der Waals surface area contributed by atoms with Gasteiger partial charge in [0.05, 0.1) is 11.6 Å². The minimum Gasteiger partial charge on any atom is -0.337 e. The average Bonchev–Trinajstić information content (AvgIpc) is 2.92. The molecule has 1 aromatic carbocycles. The molecule has 2 aliphatic rings. The maximum atomic E-state index is 13.7. The number of nitriles is 1. The van der Waals surface area contributed by atoms with E-state index in [1.807, 2.05) is 0 Å². The van der Waals surface area contributed by atoms with Gasteiger partial charge in [-0.05, 0) is 43.2 Å². The zero-order valence-corrected chi connectivity index (χ0v) is 10.7. The van der Waals surface area contributed by atoms with E-state index in [-0.39, 0.29) is 11.6 Å². The lowest BCUT2D eigenvalue weighted by Gasteiger charge is -2.16. The van der Waals surface area contributed by atoms with Crippen LogP contribution in [0, 0.1) is 29.0 Å². The first-order valence-electron chi connectivity index (χ1n) is 6.72. The van der Waals surface area contributed by atoms with E-state index >= 15 is 0 Å². The van der Waals surface area contributed by atoms with E-state index in [9.17, 15) is 9.65 Å². The quantitative estimate of drug-likeness (QED) is 0.840. The topological polar surface area (TPSA) is 62.7 Å². The van der Waals surface area contributed by atoms with Gasteiger partial charge in [0.2, 0.25) is 11.7 Å². The van der Waals surface area contributed by atoms with Crippen LogP contribution < -0.4 is 0 Å². The van der Waals surface area contributed by atoms with Crippen molar-refractivity contribution in [1.29, 1.82) is 5.26 Å². The smallest absolute Gasteiger partial charge is 0.247 e. The predicted octanol–water partition coefficient (Wildman–Crippen LogP) is 3.07. The van der Waals surface area contributed by atoms with Gasteiger partial charge >= 0.3 is 0 Å². The van der Waals surface area contributed by atoms with Gasteiger partial charge in [0.1, 0.15) is 11.2 Å². The fourth-order valence-electron chi connectivity index (χ4n) is 3.27. The molecule has 0 N–H and O–H groups in total. The lowest BCUT2D eigenvalue weighted by Crippen LogP contribution is -2.22. The standard InChI is InChI=1S/C15H12FN3O/c16-12-4-2-1-3-11(12)13-18-14(20-19-13)15(8-17)6-9-5-10(9)7-15/h1-4,9-10H,5-7H2. The molecule has 0 radical (unpaired) electrons. The zero-order valence-electron chi connectivity index (χ0n) is 10.7. The maximum Gasteiger partial charge on any atom is 0.247 e. The molecule has 20 heavy (non-hydrogen) atoms. The minimum absolute atomic E-state index is 0.216. The Morgan fingerprint density at radius 1 is 1.30 bits per heavy atom. The fourth-order valence-corrected chi connectivity index (χ4v) is 3.27. The average molecular weight is 269 g/mol. The number of nitrogens with zero attached hydrogens (tertiary/aromatic N) is 3. The Bertz CT molecular complexity index is 708. The van der Waals surface area contributed by atoms with Crippen LogP contribution in [0.15, 0.2) is 28.8 Å². The van der Waals surface area contributed by atoms with Crippen molar-refractivity contribution in [2.24, 2.45) is 11.8 Å². The highest BCUT2D eigenvalue weighted by Gasteiger charge is 2.57. The highest BCUT2D eigenvalue weighted by Crippen LogP contribution is 2.60. The van der Waals surface area contributed by atoms with Gasteiger partial charge in [0.25, 0.3) is 0 Å².